The molecule has 1 N–H and O–H groups in total. The molecule has 0 amide bonds. The summed E-state index contributed by atoms with van der Waals surface area (Å²) >= 11 is 0. The summed E-state index contributed by atoms with van der Waals surface area (Å²) < 4.78 is 0. The SMILES string of the molecule is CCc1ccc(-c2nc(C3CC3)cc(=O)[nH]2)cc1. The Labute approximate surface area is 106 Å². The van der Waals surface area contributed by atoms with Crippen molar-refractivity contribution in [1.29, 1.82) is 0 Å². The molecular weight excluding hydrogens is 224 g/mol. The van der Waals surface area contributed by atoms with E-state index in [0.29, 0.717) is 11.7 Å². The van der Waals surface area contributed by atoms with E-state index < -0.39 is 0 Å². The highest BCUT2D eigenvalue weighted by Gasteiger charge is 2.25. The summed E-state index contributed by atoms with van der Waals surface area (Å²) in [7, 11) is 0. The summed E-state index contributed by atoms with van der Waals surface area (Å²) in [6.45, 7) is 2.13. The molecule has 0 bridgehead atoms. The molecule has 0 atom stereocenters. The number of nitrogens with one attached hydrogen (secondary N) is 1. The van der Waals surface area contributed by atoms with Gasteiger partial charge in [-0.3, -0.25) is 4.79 Å². The minimum atomic E-state index is -0.0542. The summed E-state index contributed by atoms with van der Waals surface area (Å²) in [6.07, 6.45) is 3.33. The van der Waals surface area contributed by atoms with Gasteiger partial charge in [-0.05, 0) is 24.8 Å². The molecule has 1 heterocycles. The molecule has 3 heteroatoms. The Balaban J connectivity index is 2.01. The molecule has 1 fully saturated rings. The number of H-pyrrole nitrogens is 1. The maximum atomic E-state index is 11.6. The zero-order chi connectivity index (χ0) is 12.5. The van der Waals surface area contributed by atoms with Gasteiger partial charge in [0.15, 0.2) is 0 Å². The standard InChI is InChI=1S/C15H16N2O/c1-2-10-3-5-12(6-4-10)15-16-13(11-7-8-11)9-14(18)17-15/h3-6,9,11H,2,7-8H2,1H3,(H,16,17,18). The maximum absolute atomic E-state index is 11.6. The topological polar surface area (TPSA) is 45.8 Å². The van der Waals surface area contributed by atoms with Crippen LogP contribution in [-0.2, 0) is 6.42 Å². The fourth-order valence-electron chi connectivity index (χ4n) is 2.10. The zero-order valence-corrected chi connectivity index (χ0v) is 10.4. The molecule has 18 heavy (non-hydrogen) atoms. The smallest absolute Gasteiger partial charge is 0.251 e. The first-order valence-corrected chi connectivity index (χ1v) is 6.47. The second-order valence-electron chi connectivity index (χ2n) is 4.84. The first-order chi connectivity index (χ1) is 8.76. The molecule has 0 unspecified atom stereocenters. The summed E-state index contributed by atoms with van der Waals surface area (Å²) in [4.78, 5) is 19.0. The fraction of sp³-hybridized carbons (Fsp3) is 0.333. The lowest BCUT2D eigenvalue weighted by molar-refractivity contribution is 0.976. The highest BCUT2D eigenvalue weighted by atomic mass is 16.1. The Morgan fingerprint density at radius 1 is 1.28 bits per heavy atom. The molecule has 3 rings (SSSR count). The van der Waals surface area contributed by atoms with Gasteiger partial charge in [-0.1, -0.05) is 31.2 Å². The summed E-state index contributed by atoms with van der Waals surface area (Å²) in [5, 5.41) is 0. The van der Waals surface area contributed by atoms with Crippen molar-refractivity contribution in [3.8, 4) is 11.4 Å². The zero-order valence-electron chi connectivity index (χ0n) is 10.4. The Morgan fingerprint density at radius 3 is 2.61 bits per heavy atom. The monoisotopic (exact) mass is 240 g/mol. The van der Waals surface area contributed by atoms with Crippen molar-refractivity contribution in [2.75, 3.05) is 0 Å². The molecular formula is C15H16N2O. The van der Waals surface area contributed by atoms with Gasteiger partial charge in [0.05, 0.1) is 5.69 Å². The molecule has 1 aromatic heterocycles. The van der Waals surface area contributed by atoms with Gasteiger partial charge in [-0.2, -0.15) is 0 Å². The quantitative estimate of drug-likeness (QED) is 0.896. The minimum Gasteiger partial charge on any atom is -0.307 e. The largest absolute Gasteiger partial charge is 0.307 e. The van der Waals surface area contributed by atoms with Crippen molar-refractivity contribution >= 4 is 0 Å². The van der Waals surface area contributed by atoms with Crippen LogP contribution in [0.5, 0.6) is 0 Å². The van der Waals surface area contributed by atoms with Gasteiger partial charge in [0.2, 0.25) is 0 Å². The van der Waals surface area contributed by atoms with E-state index in [1.54, 1.807) is 6.07 Å². The molecule has 1 aliphatic carbocycles. The molecule has 1 aromatic carbocycles. The number of aromatic amines is 1. The van der Waals surface area contributed by atoms with E-state index >= 15 is 0 Å². The van der Waals surface area contributed by atoms with Crippen molar-refractivity contribution in [3.05, 3.63) is 51.9 Å². The first kappa shape index (κ1) is 11.2. The van der Waals surface area contributed by atoms with Gasteiger partial charge in [-0.25, -0.2) is 4.98 Å². The van der Waals surface area contributed by atoms with Crippen LogP contribution in [0, 0.1) is 0 Å². The van der Waals surface area contributed by atoms with Crippen LogP contribution in [0.4, 0.5) is 0 Å². The van der Waals surface area contributed by atoms with Crippen LogP contribution in [0.25, 0.3) is 11.4 Å². The van der Waals surface area contributed by atoms with E-state index in [-0.39, 0.29) is 5.56 Å². The van der Waals surface area contributed by atoms with Crippen LogP contribution < -0.4 is 5.56 Å². The highest BCUT2D eigenvalue weighted by Crippen LogP contribution is 2.38. The molecule has 0 saturated heterocycles. The van der Waals surface area contributed by atoms with Gasteiger partial charge < -0.3 is 4.98 Å². The number of aryl methyl sites for hydroxylation is 1. The van der Waals surface area contributed by atoms with E-state index in [1.165, 1.54) is 5.56 Å². The summed E-state index contributed by atoms with van der Waals surface area (Å²) in [6, 6.07) is 9.83. The molecule has 1 saturated carbocycles. The van der Waals surface area contributed by atoms with Gasteiger partial charge in [0, 0.05) is 17.5 Å². The Bertz CT molecular complexity index is 609. The number of nitrogens with zero attached hydrogens (tertiary/aromatic N) is 1. The van der Waals surface area contributed by atoms with Gasteiger partial charge >= 0.3 is 0 Å². The molecule has 3 nitrogen and oxygen atoms in total. The fourth-order valence-corrected chi connectivity index (χ4v) is 2.10. The van der Waals surface area contributed by atoms with E-state index in [2.05, 4.69) is 29.0 Å². The predicted molar refractivity (Wildman–Crippen MR) is 71.6 cm³/mol. The van der Waals surface area contributed by atoms with E-state index in [9.17, 15) is 4.79 Å². The molecule has 0 radical (unpaired) electrons. The van der Waals surface area contributed by atoms with Crippen LogP contribution in [0.15, 0.2) is 35.1 Å². The number of hydrogen-bond acceptors (Lipinski definition) is 2. The number of benzene rings is 1. The van der Waals surface area contributed by atoms with Crippen LogP contribution >= 0.6 is 0 Å². The lowest BCUT2D eigenvalue weighted by atomic mass is 10.1. The van der Waals surface area contributed by atoms with Crippen molar-refractivity contribution in [1.82, 2.24) is 9.97 Å². The van der Waals surface area contributed by atoms with Crippen molar-refractivity contribution < 1.29 is 0 Å². The number of rotatable bonds is 3. The molecule has 0 spiro atoms. The third kappa shape index (κ3) is 2.21. The van der Waals surface area contributed by atoms with Gasteiger partial charge in [0.1, 0.15) is 5.82 Å². The Morgan fingerprint density at radius 2 is 2.00 bits per heavy atom. The maximum Gasteiger partial charge on any atom is 0.251 e. The minimum absolute atomic E-state index is 0.0542. The van der Waals surface area contributed by atoms with Crippen molar-refractivity contribution in [3.63, 3.8) is 0 Å². The second kappa shape index (κ2) is 4.41. The number of hydrogen-bond donors (Lipinski definition) is 1. The van der Waals surface area contributed by atoms with Crippen molar-refractivity contribution in [2.45, 2.75) is 32.1 Å². The third-order valence-electron chi connectivity index (χ3n) is 3.39. The summed E-state index contributed by atoms with van der Waals surface area (Å²) in [5.41, 5.74) is 3.15. The normalized spacial score (nSPS) is 14.7. The van der Waals surface area contributed by atoms with Crippen LogP contribution in [0.3, 0.4) is 0 Å². The van der Waals surface area contributed by atoms with Gasteiger partial charge in [0.25, 0.3) is 5.56 Å². The molecule has 2 aromatic rings. The van der Waals surface area contributed by atoms with Crippen molar-refractivity contribution in [2.24, 2.45) is 0 Å². The van der Waals surface area contributed by atoms with E-state index in [1.807, 2.05) is 12.1 Å². The predicted octanol–water partition coefficient (Wildman–Crippen LogP) is 2.88. The van der Waals surface area contributed by atoms with Crippen LogP contribution in [-0.4, -0.2) is 9.97 Å². The average Bonchev–Trinajstić information content (AvgIpc) is 3.22. The van der Waals surface area contributed by atoms with Crippen LogP contribution in [0.1, 0.15) is 36.9 Å². The van der Waals surface area contributed by atoms with Gasteiger partial charge in [-0.15, -0.1) is 0 Å². The second-order valence-corrected chi connectivity index (χ2v) is 4.84. The Kier molecular flexibility index (Phi) is 2.74. The Hall–Kier alpha value is -1.90. The van der Waals surface area contributed by atoms with E-state index in [4.69, 9.17) is 0 Å². The lowest BCUT2D eigenvalue weighted by Crippen LogP contribution is -2.09. The van der Waals surface area contributed by atoms with E-state index in [0.717, 1.165) is 30.5 Å². The summed E-state index contributed by atoms with van der Waals surface area (Å²) in [5.74, 6) is 1.19. The highest BCUT2D eigenvalue weighted by molar-refractivity contribution is 5.55. The third-order valence-corrected chi connectivity index (χ3v) is 3.39. The average molecular weight is 240 g/mol. The molecule has 1 aliphatic rings. The van der Waals surface area contributed by atoms with Crippen LogP contribution in [0.2, 0.25) is 0 Å². The lowest BCUT2D eigenvalue weighted by Gasteiger charge is -2.04. The molecule has 92 valence electrons. The number of aromatic nitrogens is 2. The molecule has 0 aliphatic heterocycles. The first-order valence-electron chi connectivity index (χ1n) is 6.47.